The summed E-state index contributed by atoms with van der Waals surface area (Å²) in [7, 11) is 0. The summed E-state index contributed by atoms with van der Waals surface area (Å²) >= 11 is 6.19. The van der Waals surface area contributed by atoms with Crippen LogP contribution in [0.25, 0.3) is 0 Å². The molecule has 1 fully saturated rings. The van der Waals surface area contributed by atoms with Crippen molar-refractivity contribution in [1.82, 2.24) is 4.98 Å². The van der Waals surface area contributed by atoms with Gasteiger partial charge in [-0.05, 0) is 60.4 Å². The van der Waals surface area contributed by atoms with Crippen LogP contribution in [-0.2, 0) is 12.8 Å². The van der Waals surface area contributed by atoms with E-state index >= 15 is 0 Å². The standard InChI is InChI=1S/C25H27ClN2O3/c1-2-18-6-3-4-8-24(18)30-20-9-10-23(19(16-20)12-15-29)28-14-11-21(17-28)31-25-22(26)7-5-13-27-25/h3-10,13,16,21,29H,2,11-12,14-15,17H2,1H3. The molecule has 2 aromatic carbocycles. The van der Waals surface area contributed by atoms with E-state index in [-0.39, 0.29) is 12.7 Å². The molecule has 0 bridgehead atoms. The van der Waals surface area contributed by atoms with Crippen molar-refractivity contribution >= 4 is 17.3 Å². The first kappa shape index (κ1) is 21.5. The normalized spacial score (nSPS) is 15.8. The average molecular weight is 439 g/mol. The summed E-state index contributed by atoms with van der Waals surface area (Å²) in [6.07, 6.45) is 4.06. The van der Waals surface area contributed by atoms with E-state index in [4.69, 9.17) is 21.1 Å². The zero-order chi connectivity index (χ0) is 21.6. The van der Waals surface area contributed by atoms with E-state index in [0.29, 0.717) is 17.3 Å². The minimum absolute atomic E-state index is 0.0155. The van der Waals surface area contributed by atoms with Crippen LogP contribution in [-0.4, -0.2) is 35.9 Å². The van der Waals surface area contributed by atoms with Crippen molar-refractivity contribution < 1.29 is 14.6 Å². The predicted molar refractivity (Wildman–Crippen MR) is 124 cm³/mol. The number of benzene rings is 2. The molecule has 0 radical (unpaired) electrons. The minimum Gasteiger partial charge on any atom is -0.471 e. The minimum atomic E-state index is 0.0155. The molecule has 0 spiro atoms. The third-order valence-corrected chi connectivity index (χ3v) is 5.79. The van der Waals surface area contributed by atoms with E-state index in [1.807, 2.05) is 30.3 Å². The number of rotatable bonds is 8. The van der Waals surface area contributed by atoms with Crippen molar-refractivity contribution in [3.63, 3.8) is 0 Å². The first-order chi connectivity index (χ1) is 15.2. The first-order valence-corrected chi connectivity index (χ1v) is 11.1. The summed E-state index contributed by atoms with van der Waals surface area (Å²) in [6, 6.07) is 17.7. The van der Waals surface area contributed by atoms with Crippen LogP contribution < -0.4 is 14.4 Å². The summed E-state index contributed by atoms with van der Waals surface area (Å²) < 4.78 is 12.2. The van der Waals surface area contributed by atoms with Crippen LogP contribution in [0.3, 0.4) is 0 Å². The van der Waals surface area contributed by atoms with Crippen LogP contribution >= 0.6 is 11.6 Å². The van der Waals surface area contributed by atoms with Gasteiger partial charge in [0.2, 0.25) is 5.88 Å². The van der Waals surface area contributed by atoms with Gasteiger partial charge in [0.1, 0.15) is 22.6 Å². The third kappa shape index (κ3) is 5.12. The molecule has 0 aliphatic carbocycles. The van der Waals surface area contributed by atoms with Crippen LogP contribution in [0.1, 0.15) is 24.5 Å². The van der Waals surface area contributed by atoms with E-state index in [0.717, 1.165) is 48.7 Å². The van der Waals surface area contributed by atoms with Crippen LogP contribution in [0.4, 0.5) is 5.69 Å². The lowest BCUT2D eigenvalue weighted by atomic mass is 10.1. The molecule has 2 heterocycles. The van der Waals surface area contributed by atoms with Gasteiger partial charge in [0.25, 0.3) is 0 Å². The number of hydrogen-bond acceptors (Lipinski definition) is 5. The number of halogens is 1. The zero-order valence-corrected chi connectivity index (χ0v) is 18.4. The topological polar surface area (TPSA) is 54.8 Å². The number of ether oxygens (including phenoxy) is 2. The molecule has 0 saturated carbocycles. The molecule has 1 aromatic heterocycles. The molecule has 1 aliphatic heterocycles. The first-order valence-electron chi connectivity index (χ1n) is 10.7. The molecule has 1 saturated heterocycles. The van der Waals surface area contributed by atoms with Crippen molar-refractivity contribution in [2.45, 2.75) is 32.3 Å². The van der Waals surface area contributed by atoms with Crippen molar-refractivity contribution in [3.8, 4) is 17.4 Å². The monoisotopic (exact) mass is 438 g/mol. The Labute approximate surface area is 188 Å². The number of aryl methyl sites for hydroxylation is 1. The fourth-order valence-electron chi connectivity index (χ4n) is 3.94. The summed E-state index contributed by atoms with van der Waals surface area (Å²) in [5.41, 5.74) is 3.33. The second-order valence-electron chi connectivity index (χ2n) is 7.59. The van der Waals surface area contributed by atoms with Crippen molar-refractivity contribution in [1.29, 1.82) is 0 Å². The summed E-state index contributed by atoms with van der Waals surface area (Å²) in [4.78, 5) is 6.52. The Morgan fingerprint density at radius 2 is 2.00 bits per heavy atom. The fourth-order valence-corrected chi connectivity index (χ4v) is 4.10. The van der Waals surface area contributed by atoms with Gasteiger partial charge in [-0.2, -0.15) is 0 Å². The van der Waals surface area contributed by atoms with Crippen LogP contribution in [0.2, 0.25) is 5.02 Å². The molecule has 5 nitrogen and oxygen atoms in total. The number of aromatic nitrogens is 1. The average Bonchev–Trinajstić information content (AvgIpc) is 3.24. The van der Waals surface area contributed by atoms with Gasteiger partial charge in [-0.15, -0.1) is 0 Å². The summed E-state index contributed by atoms with van der Waals surface area (Å²) in [5.74, 6) is 2.12. The second-order valence-corrected chi connectivity index (χ2v) is 8.00. The lowest BCUT2D eigenvalue weighted by Gasteiger charge is -2.23. The highest BCUT2D eigenvalue weighted by Crippen LogP contribution is 2.33. The molecule has 0 amide bonds. The number of hydrogen-bond donors (Lipinski definition) is 1. The number of nitrogens with zero attached hydrogens (tertiary/aromatic N) is 2. The number of anilines is 1. The fraction of sp³-hybridized carbons (Fsp3) is 0.320. The van der Waals surface area contributed by atoms with Gasteiger partial charge >= 0.3 is 0 Å². The largest absolute Gasteiger partial charge is 0.471 e. The Morgan fingerprint density at radius 1 is 1.13 bits per heavy atom. The van der Waals surface area contributed by atoms with Crippen LogP contribution in [0.15, 0.2) is 60.8 Å². The quantitative estimate of drug-likeness (QED) is 0.518. The van der Waals surface area contributed by atoms with Gasteiger partial charge in [-0.25, -0.2) is 4.98 Å². The lowest BCUT2D eigenvalue weighted by molar-refractivity contribution is 0.216. The molecule has 1 N–H and O–H groups in total. The van der Waals surface area contributed by atoms with E-state index in [9.17, 15) is 5.11 Å². The molecule has 6 heteroatoms. The van der Waals surface area contributed by atoms with Crippen LogP contribution in [0, 0.1) is 0 Å². The predicted octanol–water partition coefficient (Wildman–Crippen LogP) is 5.28. The van der Waals surface area contributed by atoms with Crippen molar-refractivity contribution in [3.05, 3.63) is 76.9 Å². The highest BCUT2D eigenvalue weighted by Gasteiger charge is 2.26. The highest BCUT2D eigenvalue weighted by molar-refractivity contribution is 6.31. The smallest absolute Gasteiger partial charge is 0.232 e. The maximum Gasteiger partial charge on any atom is 0.232 e. The number of aliphatic hydroxyl groups is 1. The van der Waals surface area contributed by atoms with Gasteiger partial charge < -0.3 is 19.5 Å². The SMILES string of the molecule is CCc1ccccc1Oc1ccc(N2CCC(Oc3ncccc3Cl)C2)c(CCO)c1. The van der Waals surface area contributed by atoms with E-state index in [2.05, 4.69) is 28.9 Å². The van der Waals surface area contributed by atoms with Gasteiger partial charge in [0, 0.05) is 31.5 Å². The Hall–Kier alpha value is -2.76. The zero-order valence-electron chi connectivity index (χ0n) is 17.6. The molecule has 4 rings (SSSR count). The molecule has 31 heavy (non-hydrogen) atoms. The number of pyridine rings is 1. The van der Waals surface area contributed by atoms with Gasteiger partial charge in [-0.3, -0.25) is 0 Å². The lowest BCUT2D eigenvalue weighted by Crippen LogP contribution is -2.25. The molecule has 1 aliphatic rings. The van der Waals surface area contributed by atoms with Crippen molar-refractivity contribution in [2.75, 3.05) is 24.6 Å². The Balaban J connectivity index is 1.50. The third-order valence-electron chi connectivity index (χ3n) is 5.50. The van der Waals surface area contributed by atoms with E-state index < -0.39 is 0 Å². The summed E-state index contributed by atoms with van der Waals surface area (Å²) in [5, 5.41) is 10.1. The van der Waals surface area contributed by atoms with Crippen LogP contribution in [0.5, 0.6) is 17.4 Å². The Bertz CT molecular complexity index is 1030. The Kier molecular flexibility index (Phi) is 6.95. The molecule has 1 atom stereocenters. The maximum atomic E-state index is 9.62. The van der Waals surface area contributed by atoms with E-state index in [1.54, 1.807) is 18.3 Å². The highest BCUT2D eigenvalue weighted by atomic mass is 35.5. The van der Waals surface area contributed by atoms with Gasteiger partial charge in [0.15, 0.2) is 0 Å². The van der Waals surface area contributed by atoms with Crippen molar-refractivity contribution in [2.24, 2.45) is 0 Å². The van der Waals surface area contributed by atoms with Gasteiger partial charge in [-0.1, -0.05) is 36.7 Å². The second kappa shape index (κ2) is 10.0. The maximum absolute atomic E-state index is 9.62. The summed E-state index contributed by atoms with van der Waals surface area (Å²) in [6.45, 7) is 3.81. The Morgan fingerprint density at radius 3 is 2.81 bits per heavy atom. The van der Waals surface area contributed by atoms with Gasteiger partial charge in [0.05, 0.1) is 6.54 Å². The number of aliphatic hydroxyl groups excluding tert-OH is 1. The molecular weight excluding hydrogens is 412 g/mol. The van der Waals surface area contributed by atoms with E-state index in [1.165, 1.54) is 5.56 Å². The molecule has 1 unspecified atom stereocenters. The molecule has 162 valence electrons. The molecule has 3 aromatic rings. The number of para-hydroxylation sites is 1. The molecular formula is C25H27ClN2O3.